The fourth-order valence-corrected chi connectivity index (χ4v) is 3.93. The summed E-state index contributed by atoms with van der Waals surface area (Å²) >= 11 is 0. The van der Waals surface area contributed by atoms with Gasteiger partial charge >= 0.3 is 6.09 Å². The molecule has 1 atom stereocenters. The molecule has 0 N–H and O–H groups in total. The average Bonchev–Trinajstić information content (AvgIpc) is 3.13. The number of amides is 3. The highest BCUT2D eigenvalue weighted by molar-refractivity contribution is 5.87. The smallest absolute Gasteiger partial charge is 0.410 e. The molecule has 0 aromatic heterocycles. The minimum atomic E-state index is -0.421. The monoisotopic (exact) mass is 323 g/mol. The van der Waals surface area contributed by atoms with Crippen molar-refractivity contribution in [2.45, 2.75) is 32.6 Å². The average molecular weight is 323 g/mol. The predicted molar refractivity (Wildman–Crippen MR) is 82.7 cm³/mol. The van der Waals surface area contributed by atoms with Crippen molar-refractivity contribution >= 4 is 17.9 Å². The lowest BCUT2D eigenvalue weighted by Gasteiger charge is -2.39. The molecule has 0 aliphatic carbocycles. The maximum atomic E-state index is 12.8. The van der Waals surface area contributed by atoms with E-state index in [1.54, 1.807) is 4.90 Å². The Labute approximate surface area is 136 Å². The van der Waals surface area contributed by atoms with Crippen molar-refractivity contribution in [2.24, 2.45) is 5.41 Å². The molecule has 1 unspecified atom stereocenters. The van der Waals surface area contributed by atoms with Gasteiger partial charge in [0.1, 0.15) is 13.2 Å². The van der Waals surface area contributed by atoms with Crippen LogP contribution in [0.15, 0.2) is 0 Å². The highest BCUT2D eigenvalue weighted by Gasteiger charge is 2.49. The van der Waals surface area contributed by atoms with E-state index in [1.807, 2.05) is 4.90 Å². The van der Waals surface area contributed by atoms with Gasteiger partial charge in [-0.1, -0.05) is 6.92 Å². The summed E-state index contributed by atoms with van der Waals surface area (Å²) in [5, 5.41) is 0. The van der Waals surface area contributed by atoms with Crippen LogP contribution in [0.5, 0.6) is 0 Å². The van der Waals surface area contributed by atoms with Gasteiger partial charge in [0, 0.05) is 26.2 Å². The highest BCUT2D eigenvalue weighted by Crippen LogP contribution is 2.40. The molecule has 1 spiro atoms. The molecular weight excluding hydrogens is 298 g/mol. The fourth-order valence-electron chi connectivity index (χ4n) is 3.93. The molecule has 3 rings (SSSR count). The molecule has 0 saturated carbocycles. The Morgan fingerprint density at radius 2 is 2.00 bits per heavy atom. The number of rotatable bonds is 4. The van der Waals surface area contributed by atoms with Crippen molar-refractivity contribution in [3.8, 4) is 0 Å². The van der Waals surface area contributed by atoms with Crippen LogP contribution >= 0.6 is 0 Å². The number of piperidine rings is 1. The molecule has 128 valence electrons. The molecule has 3 aliphatic heterocycles. The number of hydrogen-bond donors (Lipinski definition) is 0. The lowest BCUT2D eigenvalue weighted by molar-refractivity contribution is -0.146. The van der Waals surface area contributed by atoms with Crippen LogP contribution in [0.1, 0.15) is 32.6 Å². The maximum Gasteiger partial charge on any atom is 0.410 e. The number of carbonyl (C=O) groups excluding carboxylic acids is 3. The first-order chi connectivity index (χ1) is 11.1. The second-order valence-corrected chi connectivity index (χ2v) is 6.78. The van der Waals surface area contributed by atoms with Gasteiger partial charge in [0.05, 0.1) is 12.0 Å². The molecule has 0 aromatic rings. The lowest BCUT2D eigenvalue weighted by atomic mass is 9.78. The Balaban J connectivity index is 1.61. The van der Waals surface area contributed by atoms with Crippen LogP contribution in [0.4, 0.5) is 4.79 Å². The molecule has 3 saturated heterocycles. The quantitative estimate of drug-likeness (QED) is 0.763. The van der Waals surface area contributed by atoms with Crippen molar-refractivity contribution in [2.75, 3.05) is 45.9 Å². The van der Waals surface area contributed by atoms with E-state index < -0.39 is 11.5 Å². The molecule has 3 heterocycles. The van der Waals surface area contributed by atoms with E-state index >= 15 is 0 Å². The molecular formula is C16H25N3O4. The number of nitrogens with zero attached hydrogens (tertiary/aromatic N) is 3. The highest BCUT2D eigenvalue weighted by atomic mass is 16.6. The first-order valence-electron chi connectivity index (χ1n) is 8.54. The van der Waals surface area contributed by atoms with E-state index in [2.05, 4.69) is 6.92 Å². The zero-order valence-corrected chi connectivity index (χ0v) is 13.8. The summed E-state index contributed by atoms with van der Waals surface area (Å²) in [7, 11) is 0. The zero-order chi connectivity index (χ0) is 16.4. The fraction of sp³-hybridized carbons (Fsp3) is 0.812. The van der Waals surface area contributed by atoms with Gasteiger partial charge < -0.3 is 14.5 Å². The number of cyclic esters (lactones) is 1. The number of likely N-dealkylation sites (tertiary alicyclic amines) is 2. The predicted octanol–water partition coefficient (Wildman–Crippen LogP) is 0.690. The minimum Gasteiger partial charge on any atom is -0.448 e. The van der Waals surface area contributed by atoms with Gasteiger partial charge in [-0.2, -0.15) is 0 Å². The first kappa shape index (κ1) is 16.1. The first-order valence-corrected chi connectivity index (χ1v) is 8.54. The third-order valence-corrected chi connectivity index (χ3v) is 5.20. The van der Waals surface area contributed by atoms with Gasteiger partial charge in [0.25, 0.3) is 0 Å². The van der Waals surface area contributed by atoms with Crippen molar-refractivity contribution in [3.05, 3.63) is 0 Å². The van der Waals surface area contributed by atoms with Crippen LogP contribution in [0.2, 0.25) is 0 Å². The topological polar surface area (TPSA) is 70.2 Å². The van der Waals surface area contributed by atoms with Crippen molar-refractivity contribution in [1.29, 1.82) is 0 Å². The Kier molecular flexibility index (Phi) is 4.46. The Morgan fingerprint density at radius 3 is 2.70 bits per heavy atom. The molecule has 3 amide bonds. The molecule has 23 heavy (non-hydrogen) atoms. The third-order valence-electron chi connectivity index (χ3n) is 5.20. The van der Waals surface area contributed by atoms with Crippen LogP contribution in [0, 0.1) is 5.41 Å². The second-order valence-electron chi connectivity index (χ2n) is 6.78. The van der Waals surface area contributed by atoms with Gasteiger partial charge in [-0.25, -0.2) is 4.79 Å². The van der Waals surface area contributed by atoms with E-state index in [0.29, 0.717) is 26.2 Å². The van der Waals surface area contributed by atoms with E-state index in [0.717, 1.165) is 38.8 Å². The van der Waals surface area contributed by atoms with Crippen LogP contribution in [0.3, 0.4) is 0 Å². The summed E-state index contributed by atoms with van der Waals surface area (Å²) in [4.78, 5) is 41.8. The normalized spacial score (nSPS) is 28.0. The minimum absolute atomic E-state index is 0.0573. The van der Waals surface area contributed by atoms with Crippen molar-refractivity contribution in [3.63, 3.8) is 0 Å². The van der Waals surface area contributed by atoms with Crippen LogP contribution in [-0.2, 0) is 14.3 Å². The van der Waals surface area contributed by atoms with Crippen LogP contribution in [0.25, 0.3) is 0 Å². The SMILES string of the molecule is CCCN1CCCC2(CCN(C(=O)CN3CCOC3=O)C2)C1=O. The zero-order valence-electron chi connectivity index (χ0n) is 13.8. The number of carbonyl (C=O) groups is 3. The van der Waals surface area contributed by atoms with Gasteiger partial charge in [0.2, 0.25) is 11.8 Å². The standard InChI is InChI=1S/C16H25N3O4/c1-2-6-17-7-3-4-16(14(17)21)5-8-19(12-16)13(20)11-18-9-10-23-15(18)22/h2-12H2,1H3. The molecule has 7 nitrogen and oxygen atoms in total. The summed E-state index contributed by atoms with van der Waals surface area (Å²) in [5.41, 5.74) is -0.394. The Bertz CT molecular complexity index is 508. The molecule has 0 bridgehead atoms. The largest absolute Gasteiger partial charge is 0.448 e. The lowest BCUT2D eigenvalue weighted by Crippen LogP contribution is -2.51. The van der Waals surface area contributed by atoms with Crippen molar-refractivity contribution in [1.82, 2.24) is 14.7 Å². The van der Waals surface area contributed by atoms with Gasteiger partial charge in [0.15, 0.2) is 0 Å². The molecule has 0 radical (unpaired) electrons. The number of ether oxygens (including phenoxy) is 1. The summed E-state index contributed by atoms with van der Waals surface area (Å²) in [6.07, 6.45) is 3.15. The molecule has 7 heteroatoms. The van der Waals surface area contributed by atoms with E-state index in [-0.39, 0.29) is 18.4 Å². The van der Waals surface area contributed by atoms with Crippen LogP contribution < -0.4 is 0 Å². The van der Waals surface area contributed by atoms with E-state index in [1.165, 1.54) is 4.90 Å². The van der Waals surface area contributed by atoms with Gasteiger partial charge in [-0.15, -0.1) is 0 Å². The molecule has 3 aliphatic rings. The second kappa shape index (κ2) is 6.37. The summed E-state index contributed by atoms with van der Waals surface area (Å²) in [6.45, 7) is 5.68. The number of hydrogen-bond acceptors (Lipinski definition) is 4. The Hall–Kier alpha value is -1.79. The van der Waals surface area contributed by atoms with Crippen LogP contribution in [-0.4, -0.2) is 78.5 Å². The van der Waals surface area contributed by atoms with E-state index in [9.17, 15) is 14.4 Å². The third kappa shape index (κ3) is 3.01. The summed E-state index contributed by atoms with van der Waals surface area (Å²) in [6, 6.07) is 0. The van der Waals surface area contributed by atoms with Crippen molar-refractivity contribution < 1.29 is 19.1 Å². The molecule has 0 aromatic carbocycles. The summed E-state index contributed by atoms with van der Waals surface area (Å²) in [5.74, 6) is 0.127. The maximum absolute atomic E-state index is 12.8. The van der Waals surface area contributed by atoms with Gasteiger partial charge in [-0.3, -0.25) is 14.5 Å². The Morgan fingerprint density at radius 1 is 1.17 bits per heavy atom. The molecule has 3 fully saturated rings. The van der Waals surface area contributed by atoms with Gasteiger partial charge in [-0.05, 0) is 25.7 Å². The summed E-state index contributed by atoms with van der Waals surface area (Å²) < 4.78 is 4.85. The van der Waals surface area contributed by atoms with E-state index in [4.69, 9.17) is 4.74 Å².